The van der Waals surface area contributed by atoms with E-state index in [2.05, 4.69) is 25.6 Å². The number of carbonyl (C=O) groups excluding carboxylic acids is 10. The van der Waals surface area contributed by atoms with Gasteiger partial charge in [-0.1, -0.05) is 166 Å². The van der Waals surface area contributed by atoms with Crippen LogP contribution in [0.4, 0.5) is 43.4 Å². The van der Waals surface area contributed by atoms with E-state index in [9.17, 15) is 100 Å². The van der Waals surface area contributed by atoms with Gasteiger partial charge in [-0.3, -0.25) is 71.1 Å². The first-order valence-electron chi connectivity index (χ1n) is 41.0. The van der Waals surface area contributed by atoms with Gasteiger partial charge in [0.05, 0.1) is 121 Å². The SMILES string of the molecule is C.CC(=O)CCl.CC(=O)CS(=O)(=O)Cl.CC(=O)CS(=O)(=O)Nc1ccc(F)c(C(=O)c2cn(C(=O)c3c(Cl)cccc3Cl)c3ncc(-c4ccc(Cl)cc4)cc23)c1F.CC(=O)CS(=O)(=O)[O-].CC(O)CS(=O)(=O)Nc1ccc(F)c(C(=O)c2cn(C(=O)c3c(Cl)cccc3Cl)c3ncc(-c4ccc(Cl)cc4)cc23)c1F.Nc1ccc(F)c(C(=O)c2cn(C(=O)c3c(Cl)cccc3Cl)c3ncc(-c4ccc(Cl)cc4)cc23)c1F.[Na+]. The van der Waals surface area contributed by atoms with Crippen molar-refractivity contribution in [2.45, 2.75) is 48.1 Å². The van der Waals surface area contributed by atoms with E-state index in [1.54, 1.807) is 84.9 Å². The van der Waals surface area contributed by atoms with Gasteiger partial charge < -0.3 is 15.4 Å². The van der Waals surface area contributed by atoms with Crippen LogP contribution >= 0.6 is 127 Å². The molecular formula is C97H71Cl11F6N9NaO20S4. The van der Waals surface area contributed by atoms with Crippen LogP contribution < -0.4 is 44.7 Å². The van der Waals surface area contributed by atoms with E-state index in [1.165, 1.54) is 100 Å². The molecule has 5 N–H and O–H groups in total. The fourth-order valence-electron chi connectivity index (χ4n) is 13.5. The third kappa shape index (κ3) is 31.0. The number of rotatable bonds is 25. The molecule has 0 aliphatic rings. The van der Waals surface area contributed by atoms with Gasteiger partial charge in [0.25, 0.3) is 17.7 Å². The second-order valence-electron chi connectivity index (χ2n) is 31.1. The Balaban J connectivity index is 0.000000245. The van der Waals surface area contributed by atoms with E-state index >= 15 is 17.6 Å². The van der Waals surface area contributed by atoms with Crippen molar-refractivity contribution < 1.29 is 147 Å². The Morgan fingerprint density at radius 3 is 0.905 bits per heavy atom. The Bertz CT molecular complexity index is 8210. The molecule has 9 aromatic carbocycles. The van der Waals surface area contributed by atoms with Gasteiger partial charge in [-0.25, -0.2) is 75.0 Å². The van der Waals surface area contributed by atoms with E-state index in [4.69, 9.17) is 122 Å². The van der Waals surface area contributed by atoms with E-state index in [1.807, 2.05) is 9.44 Å². The third-order valence-corrected chi connectivity index (χ3v) is 27.3. The van der Waals surface area contributed by atoms with Gasteiger partial charge >= 0.3 is 29.6 Å². The van der Waals surface area contributed by atoms with Gasteiger partial charge in [0.2, 0.25) is 46.4 Å². The van der Waals surface area contributed by atoms with Crippen LogP contribution in [0.3, 0.4) is 0 Å². The van der Waals surface area contributed by atoms with Gasteiger partial charge in [0.15, 0.2) is 17.5 Å². The molecule has 0 aliphatic heterocycles. The normalized spacial score (nSPS) is 11.4. The number of hydrogen-bond donors (Lipinski definition) is 4. The molecule has 15 aromatic rings. The van der Waals surface area contributed by atoms with Crippen molar-refractivity contribution in [1.29, 1.82) is 0 Å². The van der Waals surface area contributed by atoms with Crippen LogP contribution in [0, 0.1) is 34.9 Å². The summed E-state index contributed by atoms with van der Waals surface area (Å²) in [6.07, 6.45) is 6.38. The van der Waals surface area contributed by atoms with E-state index < -0.39 is 189 Å². The number of aliphatic hydroxyl groups is 1. The number of aliphatic hydroxyl groups excluding tert-OH is 1. The number of carbonyl (C=O) groups is 10. The molecule has 0 saturated heterocycles. The number of fused-ring (bicyclic) bond motifs is 3. The van der Waals surface area contributed by atoms with Gasteiger partial charge in [0.1, 0.15) is 79.2 Å². The summed E-state index contributed by atoms with van der Waals surface area (Å²) < 4.78 is 196. The number of nitrogens with two attached hydrogens (primary N) is 1. The monoisotopic (exact) mass is 2330 g/mol. The number of nitrogen functional groups attached to an aromatic ring is 1. The first-order valence-corrected chi connectivity index (χ1v) is 52.3. The molecule has 148 heavy (non-hydrogen) atoms. The average Bonchev–Trinajstić information content (AvgIpc) is 1.60. The minimum Gasteiger partial charge on any atom is -0.748 e. The fraction of sp³-hybridized carbons (Fsp3) is 0.124. The van der Waals surface area contributed by atoms with Gasteiger partial charge in [-0.15, -0.1) is 11.6 Å². The summed E-state index contributed by atoms with van der Waals surface area (Å²) in [6.45, 7) is 5.91. The molecule has 51 heteroatoms. The smallest absolute Gasteiger partial charge is 0.748 e. The topological polar surface area (TPSA) is 454 Å². The summed E-state index contributed by atoms with van der Waals surface area (Å²) in [7, 11) is -11.9. The molecule has 0 bridgehead atoms. The summed E-state index contributed by atoms with van der Waals surface area (Å²) in [5.41, 5.74) is 3.17. The van der Waals surface area contributed by atoms with Crippen LogP contribution in [0.15, 0.2) is 219 Å². The molecule has 15 rings (SSSR count). The van der Waals surface area contributed by atoms with Gasteiger partial charge in [-0.2, -0.15) is 0 Å². The van der Waals surface area contributed by atoms with Crippen molar-refractivity contribution >= 4 is 274 Å². The van der Waals surface area contributed by atoms with Crippen molar-refractivity contribution in [2.24, 2.45) is 0 Å². The number of alkyl halides is 1. The Morgan fingerprint density at radius 1 is 0.392 bits per heavy atom. The first kappa shape index (κ1) is 122. The first-order chi connectivity index (χ1) is 68.3. The number of pyridine rings is 3. The molecule has 0 fully saturated rings. The molecule has 0 saturated carbocycles. The van der Waals surface area contributed by atoms with Crippen LogP contribution in [-0.4, -0.2) is 165 Å². The van der Waals surface area contributed by atoms with E-state index in [0.717, 1.165) is 76.5 Å². The van der Waals surface area contributed by atoms with Crippen LogP contribution in [-0.2, 0) is 58.4 Å². The number of benzene rings is 9. The van der Waals surface area contributed by atoms with Crippen LogP contribution in [0.5, 0.6) is 0 Å². The van der Waals surface area contributed by atoms with Gasteiger partial charge in [-0.05, 0) is 179 Å². The number of nitrogens with one attached hydrogen (secondary N) is 2. The molecule has 0 spiro atoms. The maximum atomic E-state index is 15.7. The van der Waals surface area contributed by atoms with Crippen LogP contribution in [0.25, 0.3) is 66.5 Å². The maximum Gasteiger partial charge on any atom is 1.00 e. The Kier molecular flexibility index (Phi) is 42.7. The Morgan fingerprint density at radius 2 is 0.662 bits per heavy atom. The quantitative estimate of drug-likeness (QED) is 0.00785. The Hall–Kier alpha value is -11.4. The number of sulfonamides is 2. The number of aromatic nitrogens is 6. The summed E-state index contributed by atoms with van der Waals surface area (Å²) >= 11 is 60.5. The summed E-state index contributed by atoms with van der Waals surface area (Å²) in [5, 5.41) is 11.4. The Labute approximate surface area is 916 Å². The van der Waals surface area contributed by atoms with Gasteiger partial charge in [0, 0.05) is 95.8 Å². The fourth-order valence-corrected chi connectivity index (χ4v) is 19.4. The van der Waals surface area contributed by atoms with E-state index in [0.29, 0.717) is 54.5 Å². The van der Waals surface area contributed by atoms with Crippen molar-refractivity contribution in [3.63, 3.8) is 0 Å². The van der Waals surface area contributed by atoms with Crippen molar-refractivity contribution in [3.8, 4) is 33.4 Å². The third-order valence-electron chi connectivity index (χ3n) is 19.7. The summed E-state index contributed by atoms with van der Waals surface area (Å²) in [6, 6.07) is 43.1. The minimum atomic E-state index is -4.36. The number of hydrogen-bond acceptors (Lipinski definition) is 24. The summed E-state index contributed by atoms with van der Waals surface area (Å²) in [5.74, 6) is -18.4. The number of ketones is 7. The zero-order chi connectivity index (χ0) is 108. The van der Waals surface area contributed by atoms with Crippen molar-refractivity contribution in [1.82, 2.24) is 28.7 Å². The van der Waals surface area contributed by atoms with Crippen molar-refractivity contribution in [2.75, 3.05) is 44.1 Å². The molecule has 6 aromatic heterocycles. The number of anilines is 3. The van der Waals surface area contributed by atoms with Crippen molar-refractivity contribution in [3.05, 3.63) is 349 Å². The number of nitrogens with zero attached hydrogens (tertiary/aromatic N) is 6. The molecule has 1 unspecified atom stereocenters. The molecule has 29 nitrogen and oxygen atoms in total. The molecule has 0 aliphatic carbocycles. The zero-order valence-electron chi connectivity index (χ0n) is 75.9. The molecule has 0 radical (unpaired) electrons. The standard InChI is InChI=1S/C30H20Cl3F2N3O5S.C30H18Cl3F2N3O5S.C27H14Cl3F2N3O2.C3H5ClO3S.C3H5ClO.C3H6O4S.CH4.Na/c2*1-15(39)14-44(42,43)37-24-10-9-23(34)26(27(24)35)28(40)20-13-38(30(41)25-21(32)3-2-4-22(25)33)29-19(20)11-17(12-36-29)16-5-7-18(31)8-6-16;28-15-6-4-13(5-7-15)14-10-16-17(25(36)23-20(31)8-9-21(33)24(23)32)12-35(26(16)34-11-14)27(37)22-18(29)2-1-3-19(22)30;1-3(5)2-8(4,6)7;1-3(5)2-4;1-3(4)2-8(5,6)7;;/h2-13,15,37,39H,14H2,1H3;2-13,37H,14H2,1H3;1-12H,33H2;2H2,1H3;2H2,1H3;2H2,1H3,(H,5,6,7);1H4;/q;;;;;;;+1/p-1. The molecule has 768 valence electrons. The predicted octanol–water partition coefficient (Wildman–Crippen LogP) is 19.3. The molecule has 0 amide bonds. The number of Topliss-reactive ketones (excluding diaryl/α,β-unsaturated/α-hetero) is 4. The number of halogens is 17. The van der Waals surface area contributed by atoms with Crippen LogP contribution in [0.2, 0.25) is 45.2 Å². The average molecular weight is 2340 g/mol. The second kappa shape index (κ2) is 51.9. The molecule has 6 heterocycles. The minimum absolute atomic E-state index is 0. The van der Waals surface area contributed by atoms with E-state index in [-0.39, 0.29) is 145 Å². The molecule has 1 atom stereocenters. The predicted molar refractivity (Wildman–Crippen MR) is 554 cm³/mol. The maximum absolute atomic E-state index is 15.7. The largest absolute Gasteiger partial charge is 1.00 e. The second-order valence-corrected chi connectivity index (χ2v) is 42.7. The van der Waals surface area contributed by atoms with Crippen LogP contribution in [0.1, 0.15) is 121 Å². The zero-order valence-corrected chi connectivity index (χ0v) is 89.5. The molecular weight excluding hydrogens is 2270 g/mol. The summed E-state index contributed by atoms with van der Waals surface area (Å²) in [4.78, 5) is 136.